The van der Waals surface area contributed by atoms with Crippen LogP contribution >= 0.6 is 11.8 Å². The summed E-state index contributed by atoms with van der Waals surface area (Å²) in [5.74, 6) is 0.401. The Bertz CT molecular complexity index is 311. The average Bonchev–Trinajstić information content (AvgIpc) is 2.74. The SMILES string of the molecule is O=C(CN1C=CSCC1=O)NC1CCCC1. The van der Waals surface area contributed by atoms with Gasteiger partial charge >= 0.3 is 0 Å². The molecule has 2 aliphatic rings. The molecule has 0 spiro atoms. The Morgan fingerprint density at radius 1 is 1.50 bits per heavy atom. The summed E-state index contributed by atoms with van der Waals surface area (Å²) in [5.41, 5.74) is 0. The number of rotatable bonds is 3. The van der Waals surface area contributed by atoms with Gasteiger partial charge in [-0.1, -0.05) is 12.8 Å². The molecule has 0 aromatic heterocycles. The normalized spacial score (nSPS) is 21.5. The maximum Gasteiger partial charge on any atom is 0.240 e. The molecule has 0 aromatic rings. The number of hydrogen-bond acceptors (Lipinski definition) is 3. The zero-order valence-corrected chi connectivity index (χ0v) is 9.96. The van der Waals surface area contributed by atoms with Crippen LogP contribution in [0.1, 0.15) is 25.7 Å². The lowest BCUT2D eigenvalue weighted by Gasteiger charge is -2.21. The summed E-state index contributed by atoms with van der Waals surface area (Å²) >= 11 is 1.46. The molecule has 2 amide bonds. The summed E-state index contributed by atoms with van der Waals surface area (Å²) in [6, 6.07) is 0.325. The molecule has 1 heterocycles. The first-order chi connectivity index (χ1) is 7.75. The third-order valence-corrected chi connectivity index (χ3v) is 3.63. The van der Waals surface area contributed by atoms with Crippen LogP contribution in [0.25, 0.3) is 0 Å². The second kappa shape index (κ2) is 5.39. The maximum atomic E-state index is 11.7. The quantitative estimate of drug-likeness (QED) is 0.803. The maximum absolute atomic E-state index is 11.7. The van der Waals surface area contributed by atoms with Gasteiger partial charge in [0.1, 0.15) is 6.54 Å². The summed E-state index contributed by atoms with van der Waals surface area (Å²) in [4.78, 5) is 24.6. The fraction of sp³-hybridized carbons (Fsp3) is 0.636. The van der Waals surface area contributed by atoms with Crippen molar-refractivity contribution < 1.29 is 9.59 Å². The molecule has 1 aliphatic carbocycles. The van der Waals surface area contributed by atoms with Crippen LogP contribution in [0.5, 0.6) is 0 Å². The Balaban J connectivity index is 1.79. The Kier molecular flexibility index (Phi) is 3.88. The van der Waals surface area contributed by atoms with Crippen LogP contribution in [0.15, 0.2) is 11.6 Å². The van der Waals surface area contributed by atoms with Crippen molar-refractivity contribution in [2.24, 2.45) is 0 Å². The summed E-state index contributed by atoms with van der Waals surface area (Å²) in [6.07, 6.45) is 6.23. The third-order valence-electron chi connectivity index (χ3n) is 2.90. The Hall–Kier alpha value is -0.970. The Morgan fingerprint density at radius 3 is 2.94 bits per heavy atom. The monoisotopic (exact) mass is 240 g/mol. The van der Waals surface area contributed by atoms with Crippen LogP contribution in [0.4, 0.5) is 0 Å². The molecule has 5 heteroatoms. The minimum absolute atomic E-state index is 0.00840. The molecule has 0 bridgehead atoms. The van der Waals surface area contributed by atoms with Crippen LogP contribution in [0.2, 0.25) is 0 Å². The van der Waals surface area contributed by atoms with Gasteiger partial charge in [-0.2, -0.15) is 0 Å². The van der Waals surface area contributed by atoms with Gasteiger partial charge in [0.15, 0.2) is 0 Å². The fourth-order valence-electron chi connectivity index (χ4n) is 2.04. The van der Waals surface area contributed by atoms with Gasteiger partial charge in [-0.05, 0) is 18.2 Å². The first-order valence-corrected chi connectivity index (χ1v) is 6.68. The molecule has 0 saturated heterocycles. The molecule has 1 fully saturated rings. The van der Waals surface area contributed by atoms with Gasteiger partial charge in [0.2, 0.25) is 11.8 Å². The summed E-state index contributed by atoms with van der Waals surface area (Å²) < 4.78 is 0. The van der Waals surface area contributed by atoms with Crippen LogP contribution < -0.4 is 5.32 Å². The van der Waals surface area contributed by atoms with Gasteiger partial charge < -0.3 is 10.2 Å². The van der Waals surface area contributed by atoms with Gasteiger partial charge in [0, 0.05) is 12.2 Å². The number of nitrogens with zero attached hydrogens (tertiary/aromatic N) is 1. The lowest BCUT2D eigenvalue weighted by molar-refractivity contribution is -0.131. The molecule has 4 nitrogen and oxygen atoms in total. The summed E-state index contributed by atoms with van der Waals surface area (Å²) in [7, 11) is 0. The topological polar surface area (TPSA) is 49.4 Å². The van der Waals surface area contributed by atoms with Gasteiger partial charge in [0.05, 0.1) is 5.75 Å². The van der Waals surface area contributed by atoms with E-state index < -0.39 is 0 Å². The largest absolute Gasteiger partial charge is 0.352 e. The highest BCUT2D eigenvalue weighted by Gasteiger charge is 2.21. The van der Waals surface area contributed by atoms with Crippen molar-refractivity contribution in [2.45, 2.75) is 31.7 Å². The second-order valence-corrected chi connectivity index (χ2v) is 5.06. The van der Waals surface area contributed by atoms with Crippen molar-refractivity contribution in [1.29, 1.82) is 0 Å². The molecule has 0 atom stereocenters. The second-order valence-electron chi connectivity index (χ2n) is 4.17. The smallest absolute Gasteiger partial charge is 0.240 e. The predicted octanol–water partition coefficient (Wildman–Crippen LogP) is 1.09. The lowest BCUT2D eigenvalue weighted by Crippen LogP contribution is -2.42. The number of thioether (sulfide) groups is 1. The van der Waals surface area contributed by atoms with Gasteiger partial charge in [-0.3, -0.25) is 9.59 Å². The molecule has 0 aromatic carbocycles. The van der Waals surface area contributed by atoms with Crippen molar-refractivity contribution >= 4 is 23.6 Å². The molecule has 88 valence electrons. The Labute approximate surface area is 99.4 Å². The van der Waals surface area contributed by atoms with Crippen molar-refractivity contribution in [2.75, 3.05) is 12.3 Å². The standard InChI is InChI=1S/C11H16N2O2S/c14-10(12-9-3-1-2-4-9)7-13-5-6-16-8-11(13)15/h5-6,9H,1-4,7-8H2,(H,12,14). The van der Waals surface area contributed by atoms with Crippen molar-refractivity contribution in [3.8, 4) is 0 Å². The highest BCUT2D eigenvalue weighted by atomic mass is 32.2. The number of carbonyl (C=O) groups excluding carboxylic acids is 2. The molecule has 1 aliphatic heterocycles. The zero-order chi connectivity index (χ0) is 11.4. The molecule has 2 rings (SSSR count). The fourth-order valence-corrected chi connectivity index (χ4v) is 2.68. The minimum atomic E-state index is -0.0446. The molecule has 0 unspecified atom stereocenters. The molecule has 1 saturated carbocycles. The molecular weight excluding hydrogens is 224 g/mol. The van der Waals surface area contributed by atoms with E-state index in [1.807, 2.05) is 5.41 Å². The molecule has 0 radical (unpaired) electrons. The molecular formula is C11H16N2O2S. The van der Waals surface area contributed by atoms with Gasteiger partial charge in [0.25, 0.3) is 0 Å². The van der Waals surface area contributed by atoms with E-state index in [1.165, 1.54) is 29.5 Å². The summed E-state index contributed by atoms with van der Waals surface area (Å²) in [6.45, 7) is 0.159. The van der Waals surface area contributed by atoms with Crippen LogP contribution in [-0.2, 0) is 9.59 Å². The third kappa shape index (κ3) is 3.01. The Morgan fingerprint density at radius 2 is 2.25 bits per heavy atom. The number of carbonyl (C=O) groups is 2. The van der Waals surface area contributed by atoms with Crippen LogP contribution in [-0.4, -0.2) is 35.1 Å². The van der Waals surface area contributed by atoms with Gasteiger partial charge in [-0.25, -0.2) is 0 Å². The van der Waals surface area contributed by atoms with Crippen LogP contribution in [0, 0.1) is 0 Å². The zero-order valence-electron chi connectivity index (χ0n) is 9.15. The average molecular weight is 240 g/mol. The van der Waals surface area contributed by atoms with Crippen molar-refractivity contribution in [3.63, 3.8) is 0 Å². The van der Waals surface area contributed by atoms with E-state index in [1.54, 1.807) is 6.20 Å². The van der Waals surface area contributed by atoms with E-state index in [-0.39, 0.29) is 18.4 Å². The first kappa shape index (κ1) is 11.5. The van der Waals surface area contributed by atoms with E-state index in [0.717, 1.165) is 12.8 Å². The predicted molar refractivity (Wildman–Crippen MR) is 63.7 cm³/mol. The minimum Gasteiger partial charge on any atom is -0.352 e. The molecule has 16 heavy (non-hydrogen) atoms. The number of amides is 2. The molecule has 1 N–H and O–H groups in total. The first-order valence-electron chi connectivity index (χ1n) is 5.63. The van der Waals surface area contributed by atoms with Crippen molar-refractivity contribution in [1.82, 2.24) is 10.2 Å². The highest BCUT2D eigenvalue weighted by molar-refractivity contribution is 8.02. The van der Waals surface area contributed by atoms with E-state index in [9.17, 15) is 9.59 Å². The van der Waals surface area contributed by atoms with E-state index in [2.05, 4.69) is 5.32 Å². The van der Waals surface area contributed by atoms with Crippen LogP contribution in [0.3, 0.4) is 0 Å². The highest BCUT2D eigenvalue weighted by Crippen LogP contribution is 2.17. The van der Waals surface area contributed by atoms with Crippen molar-refractivity contribution in [3.05, 3.63) is 11.6 Å². The van der Waals surface area contributed by atoms with E-state index in [4.69, 9.17) is 0 Å². The lowest BCUT2D eigenvalue weighted by atomic mass is 10.2. The van der Waals surface area contributed by atoms with Gasteiger partial charge in [-0.15, -0.1) is 11.8 Å². The summed E-state index contributed by atoms with van der Waals surface area (Å²) in [5, 5.41) is 4.82. The van der Waals surface area contributed by atoms with E-state index >= 15 is 0 Å². The number of nitrogens with one attached hydrogen (secondary N) is 1. The van der Waals surface area contributed by atoms with E-state index in [0.29, 0.717) is 11.8 Å². The number of hydrogen-bond donors (Lipinski definition) is 1.